The van der Waals surface area contributed by atoms with Gasteiger partial charge in [0.15, 0.2) is 0 Å². The minimum Gasteiger partial charge on any atom is -0.351 e. The van der Waals surface area contributed by atoms with Crippen LogP contribution in [0.4, 0.5) is 13.2 Å². The number of nitriles is 1. The van der Waals surface area contributed by atoms with Gasteiger partial charge in [0, 0.05) is 28.5 Å². The van der Waals surface area contributed by atoms with E-state index in [-0.39, 0.29) is 12.0 Å². The molecule has 9 heteroatoms. The molecule has 0 aromatic heterocycles. The molecule has 4 unspecified atom stereocenters. The highest BCUT2D eigenvalue weighted by atomic mass is 35.5. The van der Waals surface area contributed by atoms with Gasteiger partial charge in [-0.05, 0) is 64.9 Å². The number of hydrogen-bond acceptors (Lipinski definition) is 3. The first-order valence-corrected chi connectivity index (χ1v) is 13.6. The van der Waals surface area contributed by atoms with Gasteiger partial charge in [-0.2, -0.15) is 18.4 Å². The third kappa shape index (κ3) is 6.30. The van der Waals surface area contributed by atoms with Crippen LogP contribution in [0.15, 0.2) is 72.8 Å². The first-order chi connectivity index (χ1) is 18.7. The van der Waals surface area contributed by atoms with Crippen molar-refractivity contribution in [2.75, 3.05) is 0 Å². The van der Waals surface area contributed by atoms with Crippen molar-refractivity contribution in [3.05, 3.63) is 105 Å². The van der Waals surface area contributed by atoms with E-state index in [0.29, 0.717) is 33.2 Å². The van der Waals surface area contributed by atoms with Gasteiger partial charge in [-0.1, -0.05) is 80.4 Å². The number of rotatable bonds is 6. The van der Waals surface area contributed by atoms with Crippen molar-refractivity contribution in [3.8, 4) is 6.07 Å². The number of amides is 1. The van der Waals surface area contributed by atoms with Gasteiger partial charge in [-0.3, -0.25) is 4.79 Å². The van der Waals surface area contributed by atoms with E-state index in [0.717, 1.165) is 12.1 Å². The van der Waals surface area contributed by atoms with Crippen molar-refractivity contribution in [2.45, 2.75) is 63.3 Å². The van der Waals surface area contributed by atoms with Crippen LogP contribution in [0.3, 0.4) is 0 Å². The summed E-state index contributed by atoms with van der Waals surface area (Å²) in [5, 5.41) is 18.2. The summed E-state index contributed by atoms with van der Waals surface area (Å²) in [7, 11) is 0. The van der Waals surface area contributed by atoms with Gasteiger partial charge in [0.05, 0.1) is 17.7 Å². The van der Waals surface area contributed by atoms with Crippen LogP contribution in [0.5, 0.6) is 0 Å². The molecule has 1 aliphatic heterocycles. The Hall–Kier alpha value is -3.05. The normalized spacial score (nSPS) is 23.0. The number of nitrogens with one attached hydrogen (secondary N) is 2. The fourth-order valence-electron chi connectivity index (χ4n) is 5.61. The van der Waals surface area contributed by atoms with Crippen LogP contribution in [0.25, 0.3) is 0 Å². The van der Waals surface area contributed by atoms with Gasteiger partial charge >= 0.3 is 6.18 Å². The predicted octanol–water partition coefficient (Wildman–Crippen LogP) is 7.65. The lowest BCUT2D eigenvalue weighted by atomic mass is 9.63. The molecule has 1 saturated heterocycles. The number of carbonyl (C=O) groups excluding carboxylic acids is 1. The Morgan fingerprint density at radius 1 is 1.00 bits per heavy atom. The highest BCUT2D eigenvalue weighted by molar-refractivity contribution is 6.30. The van der Waals surface area contributed by atoms with E-state index in [1.54, 1.807) is 30.3 Å². The molecule has 0 aliphatic carbocycles. The van der Waals surface area contributed by atoms with Crippen LogP contribution in [0.2, 0.25) is 10.0 Å². The van der Waals surface area contributed by atoms with E-state index >= 15 is 0 Å². The lowest BCUT2D eigenvalue weighted by molar-refractivity contribution is -0.137. The smallest absolute Gasteiger partial charge is 0.351 e. The largest absolute Gasteiger partial charge is 0.416 e. The quantitative estimate of drug-likeness (QED) is 0.311. The number of carbonyl (C=O) groups is 1. The second-order valence-electron chi connectivity index (χ2n) is 11.4. The molecule has 4 atom stereocenters. The van der Waals surface area contributed by atoms with E-state index < -0.39 is 41.1 Å². The summed E-state index contributed by atoms with van der Waals surface area (Å²) < 4.78 is 39.7. The third-order valence-electron chi connectivity index (χ3n) is 7.29. The van der Waals surface area contributed by atoms with Gasteiger partial charge in [0.2, 0.25) is 5.91 Å². The predicted molar refractivity (Wildman–Crippen MR) is 151 cm³/mol. The molecule has 40 heavy (non-hydrogen) atoms. The van der Waals surface area contributed by atoms with Gasteiger partial charge < -0.3 is 10.6 Å². The Balaban J connectivity index is 1.78. The Labute approximate surface area is 242 Å². The van der Waals surface area contributed by atoms with Gasteiger partial charge in [-0.25, -0.2) is 0 Å². The number of benzene rings is 3. The average molecular weight is 589 g/mol. The molecule has 1 heterocycles. The Morgan fingerprint density at radius 3 is 2.27 bits per heavy atom. The van der Waals surface area contributed by atoms with Crippen LogP contribution >= 0.6 is 23.2 Å². The van der Waals surface area contributed by atoms with E-state index in [1.165, 1.54) is 12.1 Å². The highest BCUT2D eigenvalue weighted by Gasteiger charge is 2.59. The molecule has 4 rings (SSSR count). The zero-order valence-electron chi connectivity index (χ0n) is 22.3. The third-order valence-corrected chi connectivity index (χ3v) is 7.78. The molecular weight excluding hydrogens is 558 g/mol. The maximum absolute atomic E-state index is 13.8. The molecule has 3 aromatic carbocycles. The minimum absolute atomic E-state index is 0.104. The van der Waals surface area contributed by atoms with E-state index in [4.69, 9.17) is 23.2 Å². The van der Waals surface area contributed by atoms with Crippen LogP contribution in [-0.4, -0.2) is 18.0 Å². The monoisotopic (exact) mass is 587 g/mol. The van der Waals surface area contributed by atoms with Crippen LogP contribution in [0, 0.1) is 16.7 Å². The van der Waals surface area contributed by atoms with Crippen molar-refractivity contribution < 1.29 is 18.0 Å². The molecule has 210 valence electrons. The lowest BCUT2D eigenvalue weighted by Crippen LogP contribution is -2.45. The summed E-state index contributed by atoms with van der Waals surface area (Å²) in [6, 6.07) is 20.3. The summed E-state index contributed by atoms with van der Waals surface area (Å²) >= 11 is 12.6. The molecule has 1 fully saturated rings. The summed E-state index contributed by atoms with van der Waals surface area (Å²) in [5.41, 5.74) is -0.441. The lowest BCUT2D eigenvalue weighted by Gasteiger charge is -2.37. The maximum Gasteiger partial charge on any atom is 0.416 e. The molecular formula is C31H30Cl2F3N3O. The Bertz CT molecular complexity index is 1410. The standard InChI is InChI=1S/C31H30Cl2F3N3O/c1-29(2,3)16-25-30(18-37,21-10-12-23(32)13-11-21)26(20-7-5-9-24(33)15-20)27(39-25)28(40)38-17-19-6-4-8-22(14-19)31(34,35)36/h4-15,25-27,39H,16-17H2,1-3H3,(H,38,40). The minimum atomic E-state index is -4.49. The second kappa shape index (κ2) is 11.4. The molecule has 3 aromatic rings. The molecule has 0 spiro atoms. The van der Waals surface area contributed by atoms with E-state index in [2.05, 4.69) is 37.5 Å². The second-order valence-corrected chi connectivity index (χ2v) is 12.3. The van der Waals surface area contributed by atoms with Crippen molar-refractivity contribution in [1.29, 1.82) is 5.26 Å². The number of hydrogen-bond donors (Lipinski definition) is 2. The van der Waals surface area contributed by atoms with Gasteiger partial charge in [0.1, 0.15) is 5.41 Å². The van der Waals surface area contributed by atoms with E-state index in [1.807, 2.05) is 18.2 Å². The maximum atomic E-state index is 13.8. The summed E-state index contributed by atoms with van der Waals surface area (Å²) in [6.45, 7) is 6.09. The molecule has 0 bridgehead atoms. The SMILES string of the molecule is CC(C)(C)CC1NC(C(=O)NCc2cccc(C(F)(F)F)c2)C(c2cccc(Cl)c2)C1(C#N)c1ccc(Cl)cc1. The molecule has 2 N–H and O–H groups in total. The van der Waals surface area contributed by atoms with Crippen LogP contribution in [-0.2, 0) is 22.9 Å². The molecule has 0 radical (unpaired) electrons. The van der Waals surface area contributed by atoms with E-state index in [9.17, 15) is 23.2 Å². The number of halogens is 5. The van der Waals surface area contributed by atoms with Crippen LogP contribution in [0.1, 0.15) is 55.4 Å². The number of alkyl halides is 3. The van der Waals surface area contributed by atoms with Gasteiger partial charge in [-0.15, -0.1) is 0 Å². The van der Waals surface area contributed by atoms with Crippen molar-refractivity contribution >= 4 is 29.1 Å². The summed E-state index contributed by atoms with van der Waals surface area (Å²) in [4.78, 5) is 13.8. The fraction of sp³-hybridized carbons (Fsp3) is 0.355. The summed E-state index contributed by atoms with van der Waals surface area (Å²) in [5.74, 6) is -1.08. The van der Waals surface area contributed by atoms with Crippen molar-refractivity contribution in [3.63, 3.8) is 0 Å². The molecule has 0 saturated carbocycles. The van der Waals surface area contributed by atoms with Crippen LogP contribution < -0.4 is 10.6 Å². The molecule has 4 nitrogen and oxygen atoms in total. The van der Waals surface area contributed by atoms with Gasteiger partial charge in [0.25, 0.3) is 0 Å². The zero-order valence-corrected chi connectivity index (χ0v) is 23.8. The Kier molecular flexibility index (Phi) is 8.56. The topological polar surface area (TPSA) is 64.9 Å². The zero-order chi connectivity index (χ0) is 29.3. The highest BCUT2D eigenvalue weighted by Crippen LogP contribution is 2.51. The molecule has 1 aliphatic rings. The van der Waals surface area contributed by atoms with Crippen molar-refractivity contribution in [2.24, 2.45) is 5.41 Å². The average Bonchev–Trinajstić information content (AvgIpc) is 3.20. The van der Waals surface area contributed by atoms with Crippen molar-refractivity contribution in [1.82, 2.24) is 10.6 Å². The molecule has 1 amide bonds. The summed E-state index contributed by atoms with van der Waals surface area (Å²) in [6.07, 6.45) is -3.92. The number of nitrogens with zero attached hydrogens (tertiary/aromatic N) is 1. The fourth-order valence-corrected chi connectivity index (χ4v) is 5.94. The first kappa shape index (κ1) is 29.9. The first-order valence-electron chi connectivity index (χ1n) is 12.9. The Morgan fingerprint density at radius 2 is 1.68 bits per heavy atom.